The number of rotatable bonds is 16. The molecule has 0 aliphatic heterocycles. The molecule has 0 bridgehead atoms. The number of nitrogens with one attached hydrogen (secondary N) is 2. The smallest absolute Gasteiger partial charge is 0.348 e. The van der Waals surface area contributed by atoms with Crippen LogP contribution in [0.25, 0.3) is 0 Å². The standard InChI is InChI=1S/C30H39N5O8S2/c1-8-11-14-35-22(16-31-26(37)19-12-13-20(40-6)21(15-19)41-7)33-34-30(35)44-18(5)25(36)32-27-23(28(38)42-9-2)17(4)24(45-27)29(39)43-10-3/h12-13,15,18H,8-11,14,16H2,1-7H3,(H,31,37)(H,32,36)/t18-/m0/s1. The Balaban J connectivity index is 1.77. The van der Waals surface area contributed by atoms with Crippen molar-refractivity contribution in [2.75, 3.05) is 32.8 Å². The molecule has 1 aromatic carbocycles. The second-order valence-corrected chi connectivity index (χ2v) is 11.9. The summed E-state index contributed by atoms with van der Waals surface area (Å²) >= 11 is 2.16. The minimum atomic E-state index is -0.660. The quantitative estimate of drug-likeness (QED) is 0.159. The van der Waals surface area contributed by atoms with Gasteiger partial charge in [0.15, 0.2) is 22.5 Å². The van der Waals surface area contributed by atoms with Gasteiger partial charge in [-0.3, -0.25) is 9.59 Å². The highest BCUT2D eigenvalue weighted by molar-refractivity contribution is 8.00. The van der Waals surface area contributed by atoms with Crippen molar-refractivity contribution in [3.63, 3.8) is 0 Å². The summed E-state index contributed by atoms with van der Waals surface area (Å²) in [4.78, 5) is 51.7. The number of thioether (sulfide) groups is 1. The zero-order chi connectivity index (χ0) is 33.1. The number of unbranched alkanes of at least 4 members (excludes halogenated alkanes) is 1. The van der Waals surface area contributed by atoms with Gasteiger partial charge in [-0.25, -0.2) is 9.59 Å². The molecule has 0 radical (unpaired) electrons. The maximum Gasteiger partial charge on any atom is 0.348 e. The van der Waals surface area contributed by atoms with Crippen LogP contribution in [0.2, 0.25) is 0 Å². The molecule has 15 heteroatoms. The normalized spacial score (nSPS) is 11.4. The number of carbonyl (C=O) groups is 4. The number of esters is 2. The third-order valence-electron chi connectivity index (χ3n) is 6.56. The molecule has 13 nitrogen and oxygen atoms in total. The van der Waals surface area contributed by atoms with Gasteiger partial charge in [0, 0.05) is 12.1 Å². The van der Waals surface area contributed by atoms with Crippen LogP contribution in [0, 0.1) is 6.92 Å². The number of ether oxygens (including phenoxy) is 4. The van der Waals surface area contributed by atoms with Crippen molar-refractivity contribution in [3.8, 4) is 11.5 Å². The van der Waals surface area contributed by atoms with E-state index in [0.29, 0.717) is 40.2 Å². The lowest BCUT2D eigenvalue weighted by Crippen LogP contribution is -2.25. The van der Waals surface area contributed by atoms with E-state index in [1.54, 1.807) is 45.9 Å². The van der Waals surface area contributed by atoms with Crippen molar-refractivity contribution >= 4 is 51.9 Å². The number of aromatic nitrogens is 3. The first-order valence-electron chi connectivity index (χ1n) is 14.5. The Bertz CT molecular complexity index is 1520. The van der Waals surface area contributed by atoms with E-state index in [0.717, 1.165) is 24.2 Å². The molecular weight excluding hydrogens is 622 g/mol. The van der Waals surface area contributed by atoms with Gasteiger partial charge in [-0.2, -0.15) is 0 Å². The lowest BCUT2D eigenvalue weighted by molar-refractivity contribution is -0.115. The summed E-state index contributed by atoms with van der Waals surface area (Å²) in [6.45, 7) is 9.73. The number of anilines is 1. The highest BCUT2D eigenvalue weighted by atomic mass is 32.2. The summed E-state index contributed by atoms with van der Waals surface area (Å²) in [6, 6.07) is 4.89. The fourth-order valence-electron chi connectivity index (χ4n) is 4.18. The van der Waals surface area contributed by atoms with E-state index in [2.05, 4.69) is 27.8 Å². The monoisotopic (exact) mass is 661 g/mol. The van der Waals surface area contributed by atoms with E-state index in [9.17, 15) is 19.2 Å². The average molecular weight is 662 g/mol. The Morgan fingerprint density at radius 1 is 1.00 bits per heavy atom. The van der Waals surface area contributed by atoms with E-state index in [-0.39, 0.29) is 41.1 Å². The molecule has 2 heterocycles. The predicted molar refractivity (Wildman–Crippen MR) is 171 cm³/mol. The predicted octanol–water partition coefficient (Wildman–Crippen LogP) is 4.87. The van der Waals surface area contributed by atoms with Gasteiger partial charge in [0.25, 0.3) is 5.91 Å². The van der Waals surface area contributed by atoms with E-state index < -0.39 is 23.1 Å². The summed E-state index contributed by atoms with van der Waals surface area (Å²) in [5.74, 6) is -0.473. The molecule has 0 aliphatic carbocycles. The molecule has 3 aromatic rings. The van der Waals surface area contributed by atoms with Crippen molar-refractivity contribution in [1.82, 2.24) is 20.1 Å². The summed E-state index contributed by atoms with van der Waals surface area (Å²) in [6.07, 6.45) is 1.74. The third kappa shape index (κ3) is 8.75. The topological polar surface area (TPSA) is 160 Å². The summed E-state index contributed by atoms with van der Waals surface area (Å²) < 4.78 is 22.7. The van der Waals surface area contributed by atoms with Crippen LogP contribution in [0.15, 0.2) is 23.4 Å². The summed E-state index contributed by atoms with van der Waals surface area (Å²) in [5.41, 5.74) is 0.893. The van der Waals surface area contributed by atoms with Crippen LogP contribution in [0.4, 0.5) is 5.00 Å². The van der Waals surface area contributed by atoms with Crippen LogP contribution < -0.4 is 20.1 Å². The maximum atomic E-state index is 13.3. The van der Waals surface area contributed by atoms with Gasteiger partial charge in [0.2, 0.25) is 5.91 Å². The van der Waals surface area contributed by atoms with E-state index in [4.69, 9.17) is 18.9 Å². The number of nitrogens with zero attached hydrogens (tertiary/aromatic N) is 3. The van der Waals surface area contributed by atoms with Gasteiger partial charge in [-0.05, 0) is 57.9 Å². The van der Waals surface area contributed by atoms with Gasteiger partial charge in [0.05, 0.1) is 44.8 Å². The Kier molecular flexibility index (Phi) is 13.2. The number of thiophene rings is 1. The number of amides is 2. The molecule has 0 unspecified atom stereocenters. The molecule has 2 aromatic heterocycles. The van der Waals surface area contributed by atoms with Gasteiger partial charge < -0.3 is 34.1 Å². The fraction of sp³-hybridized carbons (Fsp3) is 0.467. The lowest BCUT2D eigenvalue weighted by Gasteiger charge is -2.14. The van der Waals surface area contributed by atoms with Crippen molar-refractivity contribution in [2.24, 2.45) is 0 Å². The first kappa shape index (κ1) is 35.4. The Morgan fingerprint density at radius 2 is 1.69 bits per heavy atom. The molecule has 2 N–H and O–H groups in total. The van der Waals surface area contributed by atoms with Crippen LogP contribution >= 0.6 is 23.1 Å². The largest absolute Gasteiger partial charge is 0.493 e. The Hall–Kier alpha value is -4.11. The molecule has 0 aliphatic rings. The van der Waals surface area contributed by atoms with Gasteiger partial charge in [-0.1, -0.05) is 25.1 Å². The first-order chi connectivity index (χ1) is 21.6. The highest BCUT2D eigenvalue weighted by Crippen LogP contribution is 2.35. The van der Waals surface area contributed by atoms with E-state index >= 15 is 0 Å². The number of methoxy groups -OCH3 is 2. The Labute approximate surface area is 270 Å². The van der Waals surface area contributed by atoms with Gasteiger partial charge >= 0.3 is 11.9 Å². The first-order valence-corrected chi connectivity index (χ1v) is 16.2. The zero-order valence-electron chi connectivity index (χ0n) is 26.5. The van der Waals surface area contributed by atoms with E-state index in [1.165, 1.54) is 26.0 Å². The number of hydrogen-bond acceptors (Lipinski definition) is 12. The molecule has 3 rings (SSSR count). The second-order valence-electron chi connectivity index (χ2n) is 9.61. The van der Waals surface area contributed by atoms with Crippen molar-refractivity contribution < 1.29 is 38.1 Å². The van der Waals surface area contributed by atoms with Crippen LogP contribution in [0.5, 0.6) is 11.5 Å². The molecule has 0 saturated heterocycles. The molecule has 0 saturated carbocycles. The molecule has 1 atom stereocenters. The molecule has 244 valence electrons. The molecular formula is C30H39N5O8S2. The van der Waals surface area contributed by atoms with Crippen molar-refractivity contribution in [1.29, 1.82) is 0 Å². The number of hydrogen-bond donors (Lipinski definition) is 2. The van der Waals surface area contributed by atoms with E-state index in [1.807, 2.05) is 4.57 Å². The number of benzene rings is 1. The number of carbonyl (C=O) groups excluding carboxylic acids is 4. The molecule has 0 spiro atoms. The highest BCUT2D eigenvalue weighted by Gasteiger charge is 2.29. The molecule has 45 heavy (non-hydrogen) atoms. The molecule has 2 amide bonds. The second kappa shape index (κ2) is 16.8. The van der Waals surface area contributed by atoms with Crippen molar-refractivity contribution in [3.05, 3.63) is 45.6 Å². The average Bonchev–Trinajstić information content (AvgIpc) is 3.57. The lowest BCUT2D eigenvalue weighted by atomic mass is 10.1. The fourth-order valence-corrected chi connectivity index (χ4v) is 6.17. The van der Waals surface area contributed by atoms with Gasteiger partial charge in [-0.15, -0.1) is 21.5 Å². The summed E-state index contributed by atoms with van der Waals surface area (Å²) in [7, 11) is 3.02. The van der Waals surface area contributed by atoms with Crippen LogP contribution in [-0.4, -0.2) is 71.2 Å². The van der Waals surface area contributed by atoms with Crippen LogP contribution in [0.3, 0.4) is 0 Å². The SMILES string of the molecule is CCCCn1c(CNC(=O)c2ccc(OC)c(OC)c2)nnc1S[C@@H](C)C(=O)Nc1sc(C(=O)OCC)c(C)c1C(=O)OCC. The van der Waals surface area contributed by atoms with Gasteiger partial charge in [0.1, 0.15) is 9.88 Å². The minimum absolute atomic E-state index is 0.110. The third-order valence-corrected chi connectivity index (χ3v) is 8.82. The van der Waals surface area contributed by atoms with Crippen molar-refractivity contribution in [2.45, 2.75) is 71.0 Å². The maximum absolute atomic E-state index is 13.3. The zero-order valence-corrected chi connectivity index (χ0v) is 28.1. The molecule has 0 fully saturated rings. The minimum Gasteiger partial charge on any atom is -0.493 e. The summed E-state index contributed by atoms with van der Waals surface area (Å²) in [5, 5.41) is 14.3. The van der Waals surface area contributed by atoms with Crippen LogP contribution in [0.1, 0.15) is 82.3 Å². The Morgan fingerprint density at radius 3 is 2.33 bits per heavy atom. The van der Waals surface area contributed by atoms with Crippen LogP contribution in [-0.2, 0) is 27.4 Å².